The van der Waals surface area contributed by atoms with Crippen LogP contribution in [0.4, 0.5) is 0 Å². The van der Waals surface area contributed by atoms with Crippen LogP contribution in [0.1, 0.15) is 48.7 Å². The molecule has 0 amide bonds. The number of aromatic amines is 1. The number of rotatable bonds is 5. The maximum Gasteiger partial charge on any atom is 0.0846 e. The van der Waals surface area contributed by atoms with E-state index in [1.807, 2.05) is 81.5 Å². The van der Waals surface area contributed by atoms with Crippen LogP contribution in [0.25, 0.3) is 24.3 Å². The van der Waals surface area contributed by atoms with Crippen molar-refractivity contribution in [2.24, 2.45) is 0 Å². The first-order valence-electron chi connectivity index (χ1n) is 11.0. The number of nitrogens with one attached hydrogen (secondary N) is 1. The van der Waals surface area contributed by atoms with Crippen molar-refractivity contribution in [2.45, 2.75) is 45.1 Å². The normalized spacial score (nSPS) is 12.6. The van der Waals surface area contributed by atoms with Crippen LogP contribution in [0.15, 0.2) is 78.2 Å². The topological polar surface area (TPSA) is 36.0 Å². The lowest BCUT2D eigenvalue weighted by molar-refractivity contribution is 0.0783. The van der Waals surface area contributed by atoms with Gasteiger partial charge in [0.1, 0.15) is 0 Å². The molecule has 0 atom stereocenters. The van der Waals surface area contributed by atoms with Gasteiger partial charge in [-0.1, -0.05) is 73.3 Å². The molecular formula is C30H35NOS. The Morgan fingerprint density at radius 3 is 2.24 bits per heavy atom. The molecule has 172 valence electrons. The van der Waals surface area contributed by atoms with Gasteiger partial charge in [-0.3, -0.25) is 0 Å². The summed E-state index contributed by atoms with van der Waals surface area (Å²) in [5, 5.41) is 12.4. The van der Waals surface area contributed by atoms with E-state index in [9.17, 15) is 5.11 Å². The molecule has 0 bridgehead atoms. The van der Waals surface area contributed by atoms with E-state index >= 15 is 0 Å². The molecule has 3 heteroatoms. The van der Waals surface area contributed by atoms with Crippen LogP contribution < -0.4 is 10.6 Å². The summed E-state index contributed by atoms with van der Waals surface area (Å²) in [5.74, 6) is 0. The highest BCUT2D eigenvalue weighted by Gasteiger charge is 2.20. The maximum absolute atomic E-state index is 10.5. The minimum Gasteiger partial charge on any atom is -0.386 e. The van der Waals surface area contributed by atoms with Gasteiger partial charge in [0.2, 0.25) is 0 Å². The summed E-state index contributed by atoms with van der Waals surface area (Å²) in [6.07, 6.45) is 9.80. The molecule has 0 aliphatic carbocycles. The number of hydrogen-bond acceptors (Lipinski definition) is 2. The number of benzene rings is 2. The fraction of sp³-hybridized carbons (Fsp3) is 0.200. The molecule has 1 aromatic heterocycles. The molecule has 0 radical (unpaired) electrons. The van der Waals surface area contributed by atoms with Crippen molar-refractivity contribution in [2.75, 3.05) is 0 Å². The number of aliphatic hydroxyl groups is 1. The maximum atomic E-state index is 10.5. The van der Waals surface area contributed by atoms with E-state index in [2.05, 4.69) is 56.8 Å². The molecule has 1 heterocycles. The van der Waals surface area contributed by atoms with Crippen LogP contribution in [0.3, 0.4) is 0 Å². The predicted octanol–water partition coefficient (Wildman–Crippen LogP) is 6.33. The number of thiol groups is 1. The molecular weight excluding hydrogens is 422 g/mol. The standard InChI is InChI=1S/C23H27NO.C7H8S/c1-7-9-14-21-16(3)17(4)22(24-21)15-18(8-2)19-12-10-11-13-20(19)23(5,6)25;1-6-2-4-7(8)5-3-6/h7-15,24-25H,1,4H2,2-3,5-6H3;2-5,8H,1H3/b14-9-,18-8+,22-15+;. The van der Waals surface area contributed by atoms with Crippen molar-refractivity contribution < 1.29 is 5.11 Å². The first kappa shape index (κ1) is 26.2. The lowest BCUT2D eigenvalue weighted by Gasteiger charge is -2.22. The molecule has 2 N–H and O–H groups in total. The monoisotopic (exact) mass is 457 g/mol. The number of aromatic nitrogens is 1. The molecule has 0 unspecified atom stereocenters. The first-order chi connectivity index (χ1) is 15.6. The Kier molecular flexibility index (Phi) is 9.33. The third-order valence-electron chi connectivity index (χ3n) is 5.39. The zero-order valence-corrected chi connectivity index (χ0v) is 21.2. The molecule has 0 fully saturated rings. The van der Waals surface area contributed by atoms with E-state index in [0.29, 0.717) is 0 Å². The summed E-state index contributed by atoms with van der Waals surface area (Å²) >= 11 is 4.13. The highest BCUT2D eigenvalue weighted by molar-refractivity contribution is 7.80. The zero-order chi connectivity index (χ0) is 24.6. The van der Waals surface area contributed by atoms with Crippen LogP contribution in [0.5, 0.6) is 0 Å². The highest BCUT2D eigenvalue weighted by Crippen LogP contribution is 2.29. The molecule has 33 heavy (non-hydrogen) atoms. The number of hydrogen-bond donors (Lipinski definition) is 3. The van der Waals surface area contributed by atoms with E-state index in [1.165, 1.54) is 5.56 Å². The quantitative estimate of drug-likeness (QED) is 0.304. The molecule has 2 nitrogen and oxygen atoms in total. The Balaban J connectivity index is 0.000000405. The second kappa shape index (κ2) is 11.7. The van der Waals surface area contributed by atoms with Crippen molar-refractivity contribution in [3.05, 3.63) is 112 Å². The third kappa shape index (κ3) is 7.24. The number of H-pyrrole nitrogens is 1. The van der Waals surface area contributed by atoms with Crippen molar-refractivity contribution in [3.8, 4) is 0 Å². The van der Waals surface area contributed by atoms with Gasteiger partial charge in [-0.2, -0.15) is 0 Å². The SMILES string of the molecule is C=C/C=C\c1[nH]/c(=C/C(=C\C)c2ccccc2C(C)(C)O)c(=C)c1C.Cc1ccc(S)cc1. The van der Waals surface area contributed by atoms with Gasteiger partial charge in [0.05, 0.1) is 5.60 Å². The van der Waals surface area contributed by atoms with Gasteiger partial charge in [-0.15, -0.1) is 12.6 Å². The third-order valence-corrected chi connectivity index (χ3v) is 5.69. The van der Waals surface area contributed by atoms with Crippen LogP contribution in [-0.4, -0.2) is 10.1 Å². The fourth-order valence-corrected chi connectivity index (χ4v) is 3.57. The second-order valence-corrected chi connectivity index (χ2v) is 9.00. The summed E-state index contributed by atoms with van der Waals surface area (Å²) in [5.41, 5.74) is 5.49. The average molecular weight is 458 g/mol. The summed E-state index contributed by atoms with van der Waals surface area (Å²) in [6.45, 7) is 17.7. The van der Waals surface area contributed by atoms with E-state index in [0.717, 1.165) is 43.4 Å². The van der Waals surface area contributed by atoms with Gasteiger partial charge in [0.15, 0.2) is 0 Å². The van der Waals surface area contributed by atoms with Gasteiger partial charge >= 0.3 is 0 Å². The summed E-state index contributed by atoms with van der Waals surface area (Å²) in [6, 6.07) is 16.0. The summed E-state index contributed by atoms with van der Waals surface area (Å²) < 4.78 is 0. The molecule has 3 rings (SSSR count). The van der Waals surface area contributed by atoms with E-state index in [4.69, 9.17) is 0 Å². The average Bonchev–Trinajstić information content (AvgIpc) is 3.05. The number of allylic oxidation sites excluding steroid dienone is 4. The van der Waals surface area contributed by atoms with Crippen LogP contribution >= 0.6 is 12.6 Å². The van der Waals surface area contributed by atoms with Crippen molar-refractivity contribution >= 4 is 36.9 Å². The molecule has 2 aromatic carbocycles. The van der Waals surface area contributed by atoms with E-state index in [-0.39, 0.29) is 0 Å². The van der Waals surface area contributed by atoms with Crippen molar-refractivity contribution in [1.29, 1.82) is 0 Å². The molecule has 3 aromatic rings. The molecule has 0 spiro atoms. The van der Waals surface area contributed by atoms with Gasteiger partial charge in [-0.25, -0.2) is 0 Å². The highest BCUT2D eigenvalue weighted by atomic mass is 32.1. The molecule has 0 aliphatic heterocycles. The Hall–Kier alpha value is -3.01. The first-order valence-corrected chi connectivity index (χ1v) is 11.5. The van der Waals surface area contributed by atoms with E-state index < -0.39 is 5.60 Å². The lowest BCUT2D eigenvalue weighted by atomic mass is 9.89. The van der Waals surface area contributed by atoms with Gasteiger partial charge in [0, 0.05) is 15.9 Å². The Bertz CT molecular complexity index is 1230. The molecule has 0 aliphatic rings. The van der Waals surface area contributed by atoms with E-state index in [1.54, 1.807) is 6.08 Å². The van der Waals surface area contributed by atoms with Crippen molar-refractivity contribution in [3.63, 3.8) is 0 Å². The number of aryl methyl sites for hydroxylation is 1. The van der Waals surface area contributed by atoms with Crippen LogP contribution in [0.2, 0.25) is 0 Å². The lowest BCUT2D eigenvalue weighted by Crippen LogP contribution is -2.23. The second-order valence-electron chi connectivity index (χ2n) is 8.48. The summed E-state index contributed by atoms with van der Waals surface area (Å²) in [4.78, 5) is 4.45. The Morgan fingerprint density at radius 2 is 1.70 bits per heavy atom. The largest absolute Gasteiger partial charge is 0.386 e. The Morgan fingerprint density at radius 1 is 1.06 bits per heavy atom. The molecule has 0 saturated heterocycles. The van der Waals surface area contributed by atoms with Gasteiger partial charge in [0.25, 0.3) is 0 Å². The zero-order valence-electron chi connectivity index (χ0n) is 20.3. The fourth-order valence-electron chi connectivity index (χ4n) is 3.42. The minimum atomic E-state index is -0.907. The van der Waals surface area contributed by atoms with Crippen LogP contribution in [0, 0.1) is 13.8 Å². The van der Waals surface area contributed by atoms with Crippen molar-refractivity contribution in [1.82, 2.24) is 4.98 Å². The minimum absolute atomic E-state index is 0.903. The summed E-state index contributed by atoms with van der Waals surface area (Å²) in [7, 11) is 0. The van der Waals surface area contributed by atoms with Crippen LogP contribution in [-0.2, 0) is 5.60 Å². The predicted molar refractivity (Wildman–Crippen MR) is 148 cm³/mol. The smallest absolute Gasteiger partial charge is 0.0846 e. The Labute approximate surface area is 203 Å². The molecule has 0 saturated carbocycles. The van der Waals surface area contributed by atoms with Gasteiger partial charge < -0.3 is 10.1 Å². The van der Waals surface area contributed by atoms with Gasteiger partial charge in [-0.05, 0) is 86.4 Å².